The molecule has 1 heterocycles. The van der Waals surface area contributed by atoms with Gasteiger partial charge in [-0.3, -0.25) is 4.79 Å². The van der Waals surface area contributed by atoms with E-state index in [1.165, 1.54) is 0 Å². The highest BCUT2D eigenvalue weighted by molar-refractivity contribution is 6.30. The van der Waals surface area contributed by atoms with Crippen molar-refractivity contribution in [2.75, 3.05) is 31.6 Å². The van der Waals surface area contributed by atoms with Crippen LogP contribution in [0.25, 0.3) is 0 Å². The Morgan fingerprint density at radius 3 is 2.94 bits per heavy atom. The van der Waals surface area contributed by atoms with Crippen molar-refractivity contribution in [2.45, 2.75) is 12.5 Å². The molecule has 1 aromatic rings. The third-order valence-electron chi connectivity index (χ3n) is 3.24. The van der Waals surface area contributed by atoms with Crippen LogP contribution in [0, 0.1) is 0 Å². The zero-order valence-electron chi connectivity index (χ0n) is 10.3. The third-order valence-corrected chi connectivity index (χ3v) is 3.47. The first-order chi connectivity index (χ1) is 8.56. The lowest BCUT2D eigenvalue weighted by Gasteiger charge is -2.41. The van der Waals surface area contributed by atoms with E-state index in [2.05, 4.69) is 9.80 Å². The lowest BCUT2D eigenvalue weighted by atomic mass is 10.1. The Labute approximate surface area is 112 Å². The molecule has 1 fully saturated rings. The number of piperazine rings is 1. The summed E-state index contributed by atoms with van der Waals surface area (Å²) in [4.78, 5) is 15.2. The fourth-order valence-electron chi connectivity index (χ4n) is 2.38. The summed E-state index contributed by atoms with van der Waals surface area (Å²) in [5, 5.41) is 9.68. The minimum Gasteiger partial charge on any atom is -0.481 e. The minimum atomic E-state index is -0.762. The Kier molecular flexibility index (Phi) is 4.09. The van der Waals surface area contributed by atoms with Gasteiger partial charge in [-0.2, -0.15) is 0 Å². The summed E-state index contributed by atoms with van der Waals surface area (Å²) in [5.74, 6) is -0.762. The fourth-order valence-corrected chi connectivity index (χ4v) is 2.57. The number of likely N-dealkylation sites (N-methyl/N-ethyl adjacent to an activating group) is 1. The molecule has 4 nitrogen and oxygen atoms in total. The first-order valence-corrected chi connectivity index (χ1v) is 6.36. The number of aliphatic carboxylic acids is 1. The number of anilines is 1. The molecule has 1 saturated heterocycles. The van der Waals surface area contributed by atoms with Crippen LogP contribution in [0.2, 0.25) is 5.02 Å². The molecule has 0 spiro atoms. The summed E-state index contributed by atoms with van der Waals surface area (Å²) in [5.41, 5.74) is 1.00. The Bertz CT molecular complexity index is 439. The zero-order valence-corrected chi connectivity index (χ0v) is 11.1. The van der Waals surface area contributed by atoms with Crippen LogP contribution in [0.4, 0.5) is 5.69 Å². The van der Waals surface area contributed by atoms with E-state index in [0.29, 0.717) is 5.02 Å². The lowest BCUT2D eigenvalue weighted by Crippen LogP contribution is -2.52. The molecule has 5 heteroatoms. The summed E-state index contributed by atoms with van der Waals surface area (Å²) in [7, 11) is 2.02. The van der Waals surface area contributed by atoms with Gasteiger partial charge in [0, 0.05) is 30.3 Å². The maximum atomic E-state index is 10.9. The molecule has 0 aliphatic carbocycles. The van der Waals surface area contributed by atoms with E-state index >= 15 is 0 Å². The van der Waals surface area contributed by atoms with Gasteiger partial charge in [0.2, 0.25) is 0 Å². The molecular formula is C13H17ClN2O2. The standard InChI is InChI=1S/C13H17ClN2O2/c1-15-5-6-16(12(9-15)8-13(17)18)11-4-2-3-10(14)7-11/h2-4,7,12H,5-6,8-9H2,1H3,(H,17,18). The zero-order chi connectivity index (χ0) is 13.1. The molecule has 18 heavy (non-hydrogen) atoms. The molecule has 0 saturated carbocycles. The van der Waals surface area contributed by atoms with Gasteiger partial charge in [0.15, 0.2) is 0 Å². The van der Waals surface area contributed by atoms with Gasteiger partial charge in [-0.15, -0.1) is 0 Å². The number of carbonyl (C=O) groups is 1. The normalized spacial score (nSPS) is 21.0. The molecule has 1 aliphatic rings. The predicted octanol–water partition coefficient (Wildman–Crippen LogP) is 1.94. The minimum absolute atomic E-state index is 0.000262. The number of benzene rings is 1. The van der Waals surface area contributed by atoms with Gasteiger partial charge in [0.25, 0.3) is 0 Å². The Hall–Kier alpha value is -1.26. The first-order valence-electron chi connectivity index (χ1n) is 5.99. The SMILES string of the molecule is CN1CCN(c2cccc(Cl)c2)C(CC(=O)O)C1. The van der Waals surface area contributed by atoms with Gasteiger partial charge in [-0.1, -0.05) is 17.7 Å². The molecule has 1 atom stereocenters. The van der Waals surface area contributed by atoms with E-state index in [1.54, 1.807) is 0 Å². The number of nitrogens with zero attached hydrogens (tertiary/aromatic N) is 2. The van der Waals surface area contributed by atoms with Crippen LogP contribution in [0.1, 0.15) is 6.42 Å². The highest BCUT2D eigenvalue weighted by atomic mass is 35.5. The molecule has 0 amide bonds. The van der Waals surface area contributed by atoms with Crippen molar-refractivity contribution < 1.29 is 9.90 Å². The van der Waals surface area contributed by atoms with E-state index in [-0.39, 0.29) is 12.5 Å². The van der Waals surface area contributed by atoms with Crippen molar-refractivity contribution in [3.63, 3.8) is 0 Å². The van der Waals surface area contributed by atoms with Gasteiger partial charge >= 0.3 is 5.97 Å². The maximum absolute atomic E-state index is 10.9. The number of hydrogen-bond donors (Lipinski definition) is 1. The van der Waals surface area contributed by atoms with E-state index in [9.17, 15) is 4.79 Å². The molecule has 1 N–H and O–H groups in total. The maximum Gasteiger partial charge on any atom is 0.305 e. The first kappa shape index (κ1) is 13.2. The number of hydrogen-bond acceptors (Lipinski definition) is 3. The fraction of sp³-hybridized carbons (Fsp3) is 0.462. The van der Waals surface area contributed by atoms with E-state index < -0.39 is 5.97 Å². The molecule has 0 bridgehead atoms. The Balaban J connectivity index is 2.20. The second kappa shape index (κ2) is 5.59. The topological polar surface area (TPSA) is 43.8 Å². The third kappa shape index (κ3) is 3.15. The van der Waals surface area contributed by atoms with Crippen molar-refractivity contribution in [1.82, 2.24) is 4.90 Å². The second-order valence-corrected chi connectivity index (χ2v) is 5.12. The average Bonchev–Trinajstić information content (AvgIpc) is 2.28. The molecule has 2 rings (SSSR count). The number of halogens is 1. The molecule has 1 aromatic carbocycles. The smallest absolute Gasteiger partial charge is 0.305 e. The van der Waals surface area contributed by atoms with Crippen LogP contribution < -0.4 is 4.90 Å². The van der Waals surface area contributed by atoms with Gasteiger partial charge in [0.1, 0.15) is 0 Å². The predicted molar refractivity (Wildman–Crippen MR) is 72.3 cm³/mol. The monoisotopic (exact) mass is 268 g/mol. The Morgan fingerprint density at radius 1 is 1.50 bits per heavy atom. The van der Waals surface area contributed by atoms with Crippen LogP contribution in [0.3, 0.4) is 0 Å². The van der Waals surface area contributed by atoms with Gasteiger partial charge in [-0.25, -0.2) is 0 Å². The van der Waals surface area contributed by atoms with Gasteiger partial charge in [0.05, 0.1) is 12.5 Å². The quantitative estimate of drug-likeness (QED) is 0.910. The van der Waals surface area contributed by atoms with Gasteiger partial charge < -0.3 is 14.9 Å². The molecular weight excluding hydrogens is 252 g/mol. The van der Waals surface area contributed by atoms with Crippen molar-refractivity contribution in [2.24, 2.45) is 0 Å². The highest BCUT2D eigenvalue weighted by Crippen LogP contribution is 2.24. The summed E-state index contributed by atoms with van der Waals surface area (Å²) < 4.78 is 0. The lowest BCUT2D eigenvalue weighted by molar-refractivity contribution is -0.137. The number of carboxylic acid groups (broad SMARTS) is 1. The van der Waals surface area contributed by atoms with Crippen LogP contribution >= 0.6 is 11.6 Å². The Morgan fingerprint density at radius 2 is 2.28 bits per heavy atom. The number of rotatable bonds is 3. The van der Waals surface area contributed by atoms with Crippen molar-refractivity contribution in [3.8, 4) is 0 Å². The van der Waals surface area contributed by atoms with Crippen LogP contribution in [-0.4, -0.2) is 48.7 Å². The summed E-state index contributed by atoms with van der Waals surface area (Å²) >= 11 is 5.99. The molecule has 98 valence electrons. The van der Waals surface area contributed by atoms with E-state index in [4.69, 9.17) is 16.7 Å². The molecule has 1 aliphatic heterocycles. The second-order valence-electron chi connectivity index (χ2n) is 4.69. The highest BCUT2D eigenvalue weighted by Gasteiger charge is 2.27. The van der Waals surface area contributed by atoms with Crippen molar-refractivity contribution in [3.05, 3.63) is 29.3 Å². The summed E-state index contributed by atoms with van der Waals surface area (Å²) in [6.45, 7) is 2.52. The largest absolute Gasteiger partial charge is 0.481 e. The summed E-state index contributed by atoms with van der Waals surface area (Å²) in [6, 6.07) is 7.59. The average molecular weight is 269 g/mol. The van der Waals surface area contributed by atoms with Crippen LogP contribution in [0.15, 0.2) is 24.3 Å². The van der Waals surface area contributed by atoms with E-state index in [1.807, 2.05) is 31.3 Å². The van der Waals surface area contributed by atoms with Crippen LogP contribution in [-0.2, 0) is 4.79 Å². The van der Waals surface area contributed by atoms with Crippen molar-refractivity contribution in [1.29, 1.82) is 0 Å². The summed E-state index contributed by atoms with van der Waals surface area (Å²) in [6.07, 6.45) is 0.150. The number of carboxylic acids is 1. The van der Waals surface area contributed by atoms with E-state index in [0.717, 1.165) is 25.3 Å². The van der Waals surface area contributed by atoms with Crippen molar-refractivity contribution >= 4 is 23.3 Å². The molecule has 1 unspecified atom stereocenters. The van der Waals surface area contributed by atoms with Gasteiger partial charge in [-0.05, 0) is 25.2 Å². The van der Waals surface area contributed by atoms with Crippen LogP contribution in [0.5, 0.6) is 0 Å². The molecule has 0 aromatic heterocycles. The molecule has 0 radical (unpaired) electrons.